The highest BCUT2D eigenvalue weighted by atomic mass is 35.5. The lowest BCUT2D eigenvalue weighted by atomic mass is 10.2. The van der Waals surface area contributed by atoms with E-state index in [2.05, 4.69) is 10.3 Å². The summed E-state index contributed by atoms with van der Waals surface area (Å²) in [5.74, 6) is 0. The number of aromatic nitrogens is 1. The second kappa shape index (κ2) is 8.41. The number of carbonyl (C=O) groups is 1. The zero-order valence-corrected chi connectivity index (χ0v) is 13.1. The number of nitrogens with zero attached hydrogens (tertiary/aromatic N) is 1. The first-order chi connectivity index (χ1) is 10.6. The Hall–Kier alpha value is -2.04. The second-order valence-corrected chi connectivity index (χ2v) is 5.17. The number of benzene rings is 1. The molecule has 22 heavy (non-hydrogen) atoms. The maximum Gasteiger partial charge on any atom is 0.407 e. The van der Waals surface area contributed by atoms with E-state index in [0.29, 0.717) is 22.3 Å². The molecule has 0 spiro atoms. The van der Waals surface area contributed by atoms with Crippen molar-refractivity contribution in [3.63, 3.8) is 0 Å². The Balaban J connectivity index is 1.75. The molecule has 0 saturated carbocycles. The summed E-state index contributed by atoms with van der Waals surface area (Å²) < 4.78 is 5.08. The lowest BCUT2D eigenvalue weighted by molar-refractivity contribution is 0.141. The highest BCUT2D eigenvalue weighted by molar-refractivity contribution is 6.33. The molecule has 0 aliphatic carbocycles. The quantitative estimate of drug-likeness (QED) is 0.827. The van der Waals surface area contributed by atoms with Crippen LogP contribution in [-0.2, 0) is 11.3 Å². The fourth-order valence-electron chi connectivity index (χ4n) is 1.66. The van der Waals surface area contributed by atoms with Crippen molar-refractivity contribution < 1.29 is 9.53 Å². The molecule has 0 aliphatic rings. The summed E-state index contributed by atoms with van der Waals surface area (Å²) in [6, 6.07) is 11.2. The number of pyridine rings is 1. The lowest BCUT2D eigenvalue weighted by Crippen LogP contribution is -2.24. The van der Waals surface area contributed by atoms with Gasteiger partial charge in [-0.05, 0) is 11.6 Å². The van der Waals surface area contributed by atoms with Crippen LogP contribution in [-0.4, -0.2) is 17.6 Å². The molecule has 0 unspecified atom stereocenters. The van der Waals surface area contributed by atoms with E-state index in [1.54, 1.807) is 18.2 Å². The third-order valence-corrected chi connectivity index (χ3v) is 3.23. The molecule has 1 aromatic heterocycles. The number of rotatable bonds is 5. The minimum atomic E-state index is -0.483. The molecule has 0 saturated heterocycles. The Morgan fingerprint density at radius 1 is 1.27 bits per heavy atom. The van der Waals surface area contributed by atoms with Crippen molar-refractivity contribution in [1.82, 2.24) is 10.3 Å². The molecule has 6 heteroatoms. The molecular formula is C16H14Cl2N2O2. The summed E-state index contributed by atoms with van der Waals surface area (Å²) in [5.41, 5.74) is 1.62. The van der Waals surface area contributed by atoms with E-state index in [4.69, 9.17) is 27.9 Å². The summed E-state index contributed by atoms with van der Waals surface area (Å²) >= 11 is 11.8. The van der Waals surface area contributed by atoms with Crippen LogP contribution in [0.2, 0.25) is 10.2 Å². The van der Waals surface area contributed by atoms with Gasteiger partial charge in [0.25, 0.3) is 0 Å². The van der Waals surface area contributed by atoms with Gasteiger partial charge in [-0.1, -0.05) is 65.7 Å². The normalized spacial score (nSPS) is 10.6. The maximum absolute atomic E-state index is 11.5. The molecule has 0 fully saturated rings. The zero-order valence-electron chi connectivity index (χ0n) is 11.6. The molecule has 1 heterocycles. The van der Waals surface area contributed by atoms with Crippen molar-refractivity contribution in [2.45, 2.75) is 6.61 Å². The Morgan fingerprint density at radius 3 is 2.82 bits per heavy atom. The van der Waals surface area contributed by atoms with Crippen molar-refractivity contribution in [2.24, 2.45) is 0 Å². The number of ether oxygens (including phenoxy) is 1. The van der Waals surface area contributed by atoms with Crippen molar-refractivity contribution in [1.29, 1.82) is 0 Å². The van der Waals surface area contributed by atoms with E-state index >= 15 is 0 Å². The van der Waals surface area contributed by atoms with Crippen LogP contribution in [0.25, 0.3) is 6.08 Å². The molecule has 4 nitrogen and oxygen atoms in total. The lowest BCUT2D eigenvalue weighted by Gasteiger charge is -2.05. The van der Waals surface area contributed by atoms with E-state index in [0.717, 1.165) is 5.56 Å². The Labute approximate surface area is 138 Å². The fraction of sp³-hybridized carbons (Fsp3) is 0.125. The Morgan fingerprint density at radius 2 is 2.05 bits per heavy atom. The van der Waals surface area contributed by atoms with Crippen LogP contribution in [0.1, 0.15) is 11.1 Å². The third kappa shape index (κ3) is 5.39. The maximum atomic E-state index is 11.5. The predicted octanol–water partition coefficient (Wildman–Crippen LogP) is 4.33. The van der Waals surface area contributed by atoms with E-state index in [9.17, 15) is 4.79 Å². The van der Waals surface area contributed by atoms with Crippen molar-refractivity contribution in [3.05, 3.63) is 70.0 Å². The Kier molecular flexibility index (Phi) is 6.25. The molecule has 0 atom stereocenters. The van der Waals surface area contributed by atoms with Crippen LogP contribution in [0.15, 0.2) is 48.7 Å². The van der Waals surface area contributed by atoms with Gasteiger partial charge in [-0.2, -0.15) is 0 Å². The number of nitrogens with one attached hydrogen (secondary N) is 1. The fourth-order valence-corrected chi connectivity index (χ4v) is 1.99. The van der Waals surface area contributed by atoms with E-state index in [-0.39, 0.29) is 6.61 Å². The first kappa shape index (κ1) is 16.3. The minimum Gasteiger partial charge on any atom is -0.445 e. The van der Waals surface area contributed by atoms with E-state index in [1.807, 2.05) is 30.3 Å². The molecule has 1 aromatic carbocycles. The molecule has 0 aliphatic heterocycles. The van der Waals surface area contributed by atoms with Gasteiger partial charge in [0.2, 0.25) is 0 Å². The zero-order chi connectivity index (χ0) is 15.8. The monoisotopic (exact) mass is 336 g/mol. The number of alkyl carbamates (subject to hydrolysis) is 1. The van der Waals surface area contributed by atoms with Gasteiger partial charge in [-0.3, -0.25) is 0 Å². The Bertz CT molecular complexity index is 660. The summed E-state index contributed by atoms with van der Waals surface area (Å²) in [5, 5.41) is 3.47. The number of amides is 1. The van der Waals surface area contributed by atoms with Gasteiger partial charge in [-0.15, -0.1) is 0 Å². The second-order valence-electron chi connectivity index (χ2n) is 4.38. The summed E-state index contributed by atoms with van der Waals surface area (Å²) in [4.78, 5) is 15.4. The van der Waals surface area contributed by atoms with Crippen molar-refractivity contribution in [3.8, 4) is 0 Å². The van der Waals surface area contributed by atoms with Crippen LogP contribution in [0, 0.1) is 0 Å². The summed E-state index contributed by atoms with van der Waals surface area (Å²) in [7, 11) is 0. The topological polar surface area (TPSA) is 51.2 Å². The number of hydrogen-bond donors (Lipinski definition) is 1. The molecule has 114 valence electrons. The highest BCUT2D eigenvalue weighted by Crippen LogP contribution is 2.18. The first-order valence-electron chi connectivity index (χ1n) is 6.57. The summed E-state index contributed by atoms with van der Waals surface area (Å²) in [6.45, 7) is 0.552. The molecular weight excluding hydrogens is 323 g/mol. The number of carbonyl (C=O) groups excluding carboxylic acids is 1. The SMILES string of the molecule is O=C(NCC=Cc1cc(Cl)cnc1Cl)OCc1ccccc1. The highest BCUT2D eigenvalue weighted by Gasteiger charge is 2.01. The standard InChI is InChI=1S/C16H14Cl2N2O2/c17-14-9-13(15(18)20-10-14)7-4-8-19-16(21)22-11-12-5-2-1-3-6-12/h1-7,9-10H,8,11H2,(H,19,21). The van der Waals surface area contributed by atoms with Gasteiger partial charge in [0.1, 0.15) is 11.8 Å². The minimum absolute atomic E-state index is 0.237. The molecule has 2 rings (SSSR count). The van der Waals surface area contributed by atoms with Crippen LogP contribution in [0.5, 0.6) is 0 Å². The van der Waals surface area contributed by atoms with Gasteiger partial charge < -0.3 is 10.1 Å². The molecule has 0 radical (unpaired) electrons. The van der Waals surface area contributed by atoms with Gasteiger partial charge in [0.15, 0.2) is 0 Å². The van der Waals surface area contributed by atoms with Gasteiger partial charge in [-0.25, -0.2) is 9.78 Å². The summed E-state index contributed by atoms with van der Waals surface area (Å²) in [6.07, 6.45) is 4.46. The van der Waals surface area contributed by atoms with Crippen LogP contribution in [0.3, 0.4) is 0 Å². The molecule has 1 amide bonds. The average molecular weight is 337 g/mol. The molecule has 0 bridgehead atoms. The van der Waals surface area contributed by atoms with Crippen LogP contribution >= 0.6 is 23.2 Å². The predicted molar refractivity (Wildman–Crippen MR) is 87.9 cm³/mol. The molecule has 2 aromatic rings. The largest absolute Gasteiger partial charge is 0.445 e. The van der Waals surface area contributed by atoms with E-state index < -0.39 is 6.09 Å². The first-order valence-corrected chi connectivity index (χ1v) is 7.33. The smallest absolute Gasteiger partial charge is 0.407 e. The van der Waals surface area contributed by atoms with Gasteiger partial charge >= 0.3 is 6.09 Å². The number of halogens is 2. The molecule has 1 N–H and O–H groups in total. The third-order valence-electron chi connectivity index (χ3n) is 2.71. The van der Waals surface area contributed by atoms with Gasteiger partial charge in [0.05, 0.1) is 5.02 Å². The van der Waals surface area contributed by atoms with Crippen LogP contribution < -0.4 is 5.32 Å². The number of hydrogen-bond acceptors (Lipinski definition) is 3. The van der Waals surface area contributed by atoms with Gasteiger partial charge in [0, 0.05) is 18.3 Å². The van der Waals surface area contributed by atoms with Crippen LogP contribution in [0.4, 0.5) is 4.79 Å². The van der Waals surface area contributed by atoms with E-state index in [1.165, 1.54) is 6.20 Å². The van der Waals surface area contributed by atoms with Crippen molar-refractivity contribution in [2.75, 3.05) is 6.54 Å². The average Bonchev–Trinajstić information content (AvgIpc) is 2.53. The van der Waals surface area contributed by atoms with Crippen molar-refractivity contribution >= 4 is 35.4 Å².